The standard InChI is InChI=1S/C17H14N4O2S/c1-24(22,23)15-6-3-12(4-7-15)17-18-8-9-21(17)14-5-2-13-11-19-20-16(13)10-14/h2-11H,1H3,(H,19,20). The molecular formula is C17H14N4O2S. The summed E-state index contributed by atoms with van der Waals surface area (Å²) in [6.07, 6.45) is 6.56. The van der Waals surface area contributed by atoms with Gasteiger partial charge in [0.2, 0.25) is 0 Å². The Hall–Kier alpha value is -2.93. The van der Waals surface area contributed by atoms with Gasteiger partial charge in [0, 0.05) is 35.3 Å². The predicted octanol–water partition coefficient (Wildman–Crippen LogP) is 2.82. The van der Waals surface area contributed by atoms with E-state index < -0.39 is 9.84 Å². The van der Waals surface area contributed by atoms with Crippen LogP contribution in [0.4, 0.5) is 0 Å². The molecule has 0 aliphatic heterocycles. The van der Waals surface area contributed by atoms with Crippen LogP contribution >= 0.6 is 0 Å². The second-order valence-corrected chi connectivity index (χ2v) is 7.57. The molecule has 0 unspecified atom stereocenters. The first-order valence-corrected chi connectivity index (χ1v) is 9.19. The van der Waals surface area contributed by atoms with E-state index in [4.69, 9.17) is 0 Å². The first kappa shape index (κ1) is 14.6. The Morgan fingerprint density at radius 2 is 1.88 bits per heavy atom. The Balaban J connectivity index is 1.79. The molecule has 7 heteroatoms. The van der Waals surface area contributed by atoms with Gasteiger partial charge in [-0.25, -0.2) is 13.4 Å². The number of sulfone groups is 1. The Morgan fingerprint density at radius 1 is 1.08 bits per heavy atom. The lowest BCUT2D eigenvalue weighted by molar-refractivity contribution is 0.602. The normalized spacial score (nSPS) is 11.9. The molecule has 2 aromatic carbocycles. The van der Waals surface area contributed by atoms with Crippen molar-refractivity contribution < 1.29 is 8.42 Å². The van der Waals surface area contributed by atoms with Crippen molar-refractivity contribution in [2.75, 3.05) is 6.26 Å². The van der Waals surface area contributed by atoms with Crippen molar-refractivity contribution in [3.05, 3.63) is 61.1 Å². The number of hydrogen-bond acceptors (Lipinski definition) is 4. The van der Waals surface area contributed by atoms with Crippen LogP contribution < -0.4 is 0 Å². The monoisotopic (exact) mass is 338 g/mol. The van der Waals surface area contributed by atoms with E-state index in [1.807, 2.05) is 29.0 Å². The molecule has 4 aromatic rings. The summed E-state index contributed by atoms with van der Waals surface area (Å²) in [5, 5.41) is 8.02. The number of fused-ring (bicyclic) bond motifs is 1. The third-order valence-electron chi connectivity index (χ3n) is 3.89. The second kappa shape index (κ2) is 5.31. The summed E-state index contributed by atoms with van der Waals surface area (Å²) in [7, 11) is -3.21. The Labute approximate surface area is 138 Å². The van der Waals surface area contributed by atoms with Crippen LogP contribution in [0.5, 0.6) is 0 Å². The van der Waals surface area contributed by atoms with Crippen molar-refractivity contribution in [2.45, 2.75) is 4.90 Å². The van der Waals surface area contributed by atoms with Gasteiger partial charge in [-0.15, -0.1) is 0 Å². The van der Waals surface area contributed by atoms with Gasteiger partial charge in [0.1, 0.15) is 5.82 Å². The lowest BCUT2D eigenvalue weighted by Crippen LogP contribution is -1.98. The molecule has 2 heterocycles. The zero-order valence-electron chi connectivity index (χ0n) is 12.8. The van der Waals surface area contributed by atoms with Crippen LogP contribution in [0.1, 0.15) is 0 Å². The fourth-order valence-electron chi connectivity index (χ4n) is 2.65. The lowest BCUT2D eigenvalue weighted by atomic mass is 10.2. The quantitative estimate of drug-likeness (QED) is 0.623. The van der Waals surface area contributed by atoms with Gasteiger partial charge in [-0.1, -0.05) is 0 Å². The van der Waals surface area contributed by atoms with Crippen molar-refractivity contribution >= 4 is 20.7 Å². The number of rotatable bonds is 3. The maximum absolute atomic E-state index is 11.6. The highest BCUT2D eigenvalue weighted by atomic mass is 32.2. The molecule has 0 spiro atoms. The molecule has 0 saturated carbocycles. The van der Waals surface area contributed by atoms with Gasteiger partial charge in [0.25, 0.3) is 0 Å². The van der Waals surface area contributed by atoms with Crippen molar-refractivity contribution in [2.24, 2.45) is 0 Å². The SMILES string of the molecule is CS(=O)(=O)c1ccc(-c2nccn2-c2ccc3cn[nH]c3c2)cc1. The number of aromatic nitrogens is 4. The van der Waals surface area contributed by atoms with Gasteiger partial charge in [-0.2, -0.15) is 5.10 Å². The molecule has 0 saturated heterocycles. The smallest absolute Gasteiger partial charge is 0.175 e. The first-order chi connectivity index (χ1) is 11.5. The molecule has 4 rings (SSSR count). The number of aromatic amines is 1. The van der Waals surface area contributed by atoms with Crippen LogP contribution in [-0.2, 0) is 9.84 Å². The Morgan fingerprint density at radius 3 is 2.62 bits per heavy atom. The fourth-order valence-corrected chi connectivity index (χ4v) is 3.28. The maximum atomic E-state index is 11.6. The summed E-state index contributed by atoms with van der Waals surface area (Å²) in [6, 6.07) is 12.7. The molecular weight excluding hydrogens is 324 g/mol. The molecule has 120 valence electrons. The van der Waals surface area contributed by atoms with Crippen molar-refractivity contribution in [1.29, 1.82) is 0 Å². The van der Waals surface area contributed by atoms with Gasteiger partial charge in [-0.05, 0) is 42.5 Å². The van der Waals surface area contributed by atoms with Crippen LogP contribution in [0.3, 0.4) is 0 Å². The van der Waals surface area contributed by atoms with E-state index in [0.717, 1.165) is 28.0 Å². The van der Waals surface area contributed by atoms with E-state index in [-0.39, 0.29) is 0 Å². The molecule has 0 fully saturated rings. The number of imidazole rings is 1. The van der Waals surface area contributed by atoms with Crippen molar-refractivity contribution in [1.82, 2.24) is 19.7 Å². The number of benzene rings is 2. The van der Waals surface area contributed by atoms with E-state index in [2.05, 4.69) is 15.2 Å². The highest BCUT2D eigenvalue weighted by molar-refractivity contribution is 7.90. The molecule has 0 atom stereocenters. The average molecular weight is 338 g/mol. The molecule has 0 aliphatic rings. The van der Waals surface area contributed by atoms with Gasteiger partial charge in [0.15, 0.2) is 9.84 Å². The maximum Gasteiger partial charge on any atom is 0.175 e. The summed E-state index contributed by atoms with van der Waals surface area (Å²) < 4.78 is 25.1. The van der Waals surface area contributed by atoms with Crippen molar-refractivity contribution in [3.63, 3.8) is 0 Å². The van der Waals surface area contributed by atoms with Gasteiger partial charge in [0.05, 0.1) is 16.6 Å². The molecule has 24 heavy (non-hydrogen) atoms. The third kappa shape index (κ3) is 2.48. The first-order valence-electron chi connectivity index (χ1n) is 7.30. The van der Waals surface area contributed by atoms with Gasteiger partial charge in [-0.3, -0.25) is 9.67 Å². The average Bonchev–Trinajstić information content (AvgIpc) is 3.22. The van der Waals surface area contributed by atoms with E-state index in [1.165, 1.54) is 6.26 Å². The number of hydrogen-bond donors (Lipinski definition) is 1. The van der Waals surface area contributed by atoms with Crippen LogP contribution in [0, 0.1) is 0 Å². The minimum Gasteiger partial charge on any atom is -0.300 e. The summed E-state index contributed by atoms with van der Waals surface area (Å²) in [6.45, 7) is 0. The molecule has 6 nitrogen and oxygen atoms in total. The molecule has 1 N–H and O–H groups in total. The van der Waals surface area contributed by atoms with Crippen LogP contribution in [0.2, 0.25) is 0 Å². The van der Waals surface area contributed by atoms with E-state index in [9.17, 15) is 8.42 Å². The van der Waals surface area contributed by atoms with Crippen LogP contribution in [0.15, 0.2) is 66.0 Å². The minimum absolute atomic E-state index is 0.295. The predicted molar refractivity (Wildman–Crippen MR) is 91.8 cm³/mol. The summed E-state index contributed by atoms with van der Waals surface area (Å²) in [5.41, 5.74) is 2.74. The minimum atomic E-state index is -3.21. The number of nitrogens with zero attached hydrogens (tertiary/aromatic N) is 3. The van der Waals surface area contributed by atoms with Gasteiger partial charge < -0.3 is 0 Å². The molecule has 0 radical (unpaired) electrons. The summed E-state index contributed by atoms with van der Waals surface area (Å²) >= 11 is 0. The largest absolute Gasteiger partial charge is 0.300 e. The summed E-state index contributed by atoms with van der Waals surface area (Å²) in [5.74, 6) is 0.744. The lowest BCUT2D eigenvalue weighted by Gasteiger charge is -2.09. The van der Waals surface area contributed by atoms with Crippen LogP contribution in [0.25, 0.3) is 28.0 Å². The Bertz CT molecular complexity index is 1120. The molecule has 0 aliphatic carbocycles. The summed E-state index contributed by atoms with van der Waals surface area (Å²) in [4.78, 5) is 4.70. The molecule has 0 amide bonds. The van der Waals surface area contributed by atoms with Crippen LogP contribution in [-0.4, -0.2) is 34.4 Å². The highest BCUT2D eigenvalue weighted by Gasteiger charge is 2.11. The number of nitrogens with one attached hydrogen (secondary N) is 1. The van der Waals surface area contributed by atoms with E-state index >= 15 is 0 Å². The Kier molecular flexibility index (Phi) is 3.24. The highest BCUT2D eigenvalue weighted by Crippen LogP contribution is 2.24. The van der Waals surface area contributed by atoms with Gasteiger partial charge >= 0.3 is 0 Å². The third-order valence-corrected chi connectivity index (χ3v) is 5.01. The van der Waals surface area contributed by atoms with E-state index in [1.54, 1.807) is 36.7 Å². The van der Waals surface area contributed by atoms with E-state index in [0.29, 0.717) is 4.90 Å². The zero-order valence-corrected chi connectivity index (χ0v) is 13.7. The van der Waals surface area contributed by atoms with Crippen molar-refractivity contribution in [3.8, 4) is 17.1 Å². The topological polar surface area (TPSA) is 80.6 Å². The fraction of sp³-hybridized carbons (Fsp3) is 0.0588. The number of H-pyrrole nitrogens is 1. The zero-order chi connectivity index (χ0) is 16.7. The molecule has 0 bridgehead atoms. The molecule has 2 aromatic heterocycles. The second-order valence-electron chi connectivity index (χ2n) is 5.56.